The van der Waals surface area contributed by atoms with Crippen LogP contribution in [0.25, 0.3) is 11.3 Å². The number of hydrogen-bond acceptors (Lipinski definition) is 3. The molecule has 3 nitrogen and oxygen atoms in total. The first-order chi connectivity index (χ1) is 6.29. The molecule has 0 atom stereocenters. The fraction of sp³-hybridized carbons (Fsp3) is 0.111. The van der Waals surface area contributed by atoms with Gasteiger partial charge in [-0.05, 0) is 12.5 Å². The minimum atomic E-state index is 0.631. The maximum atomic E-state index is 5.10. The maximum absolute atomic E-state index is 5.10. The average Bonchev–Trinajstić information content (AvgIpc) is 2.52. The second kappa shape index (κ2) is 3.14. The monoisotopic (exact) mass is 192 g/mol. The van der Waals surface area contributed by atoms with Crippen LogP contribution in [-0.2, 0) is 0 Å². The summed E-state index contributed by atoms with van der Waals surface area (Å²) in [6, 6.07) is 0. The molecule has 0 aliphatic heterocycles. The zero-order valence-electron chi connectivity index (χ0n) is 7.07. The van der Waals surface area contributed by atoms with E-state index in [1.807, 2.05) is 6.92 Å². The molecule has 4 heteroatoms. The molecule has 0 unspecified atom stereocenters. The maximum Gasteiger partial charge on any atom is 0.130 e. The number of aryl methyl sites for hydroxylation is 1. The number of H-pyrrole nitrogens is 1. The molecular weight excluding hydrogens is 184 g/mol. The molecule has 0 aromatic carbocycles. The van der Waals surface area contributed by atoms with Crippen LogP contribution < -0.4 is 0 Å². The second-order valence-electron chi connectivity index (χ2n) is 2.74. The third-order valence-electron chi connectivity index (χ3n) is 1.82. The normalized spacial score (nSPS) is 10.2. The quantitative estimate of drug-likeness (QED) is 0.706. The summed E-state index contributed by atoms with van der Waals surface area (Å²) >= 11 is 5.10. The number of nitrogens with zero attached hydrogens (tertiary/aromatic N) is 1. The SMILES string of the molecule is Cc1cocc1-c1ncc[nH]c1=S. The first-order valence-corrected chi connectivity index (χ1v) is 4.26. The highest BCUT2D eigenvalue weighted by molar-refractivity contribution is 7.71. The minimum absolute atomic E-state index is 0.631. The van der Waals surface area contributed by atoms with Crippen molar-refractivity contribution in [2.75, 3.05) is 0 Å². The van der Waals surface area contributed by atoms with Crippen LogP contribution in [0, 0.1) is 11.6 Å². The highest BCUT2D eigenvalue weighted by Crippen LogP contribution is 2.21. The van der Waals surface area contributed by atoms with Gasteiger partial charge < -0.3 is 9.40 Å². The first-order valence-electron chi connectivity index (χ1n) is 3.86. The molecule has 0 amide bonds. The Morgan fingerprint density at radius 3 is 2.92 bits per heavy atom. The highest BCUT2D eigenvalue weighted by atomic mass is 32.1. The molecule has 0 fully saturated rings. The third-order valence-corrected chi connectivity index (χ3v) is 2.13. The van der Waals surface area contributed by atoms with E-state index in [1.54, 1.807) is 24.9 Å². The molecule has 2 aromatic heterocycles. The van der Waals surface area contributed by atoms with Gasteiger partial charge in [-0.3, -0.25) is 4.98 Å². The van der Waals surface area contributed by atoms with Gasteiger partial charge in [0.25, 0.3) is 0 Å². The fourth-order valence-electron chi connectivity index (χ4n) is 1.15. The van der Waals surface area contributed by atoms with E-state index in [0.717, 1.165) is 16.8 Å². The molecular formula is C9H8N2OS. The van der Waals surface area contributed by atoms with Crippen molar-refractivity contribution in [1.29, 1.82) is 0 Å². The number of aromatic nitrogens is 2. The Morgan fingerprint density at radius 2 is 2.31 bits per heavy atom. The predicted octanol–water partition coefficient (Wildman–Crippen LogP) is 2.71. The summed E-state index contributed by atoms with van der Waals surface area (Å²) in [6.07, 6.45) is 6.72. The van der Waals surface area contributed by atoms with Gasteiger partial charge in [-0.2, -0.15) is 0 Å². The van der Waals surface area contributed by atoms with E-state index in [-0.39, 0.29) is 0 Å². The van der Waals surface area contributed by atoms with E-state index in [2.05, 4.69) is 9.97 Å². The summed E-state index contributed by atoms with van der Waals surface area (Å²) in [6.45, 7) is 1.96. The number of furan rings is 1. The number of rotatable bonds is 1. The molecule has 0 bridgehead atoms. The van der Waals surface area contributed by atoms with Crippen molar-refractivity contribution in [2.24, 2.45) is 0 Å². The van der Waals surface area contributed by atoms with Crippen molar-refractivity contribution in [2.45, 2.75) is 6.92 Å². The van der Waals surface area contributed by atoms with Crippen LogP contribution in [0.4, 0.5) is 0 Å². The predicted molar refractivity (Wildman–Crippen MR) is 51.9 cm³/mol. The molecule has 13 heavy (non-hydrogen) atoms. The molecule has 0 saturated heterocycles. The molecule has 2 aromatic rings. The van der Waals surface area contributed by atoms with Gasteiger partial charge in [0, 0.05) is 18.0 Å². The number of hydrogen-bond donors (Lipinski definition) is 1. The van der Waals surface area contributed by atoms with Crippen LogP contribution in [0.3, 0.4) is 0 Å². The van der Waals surface area contributed by atoms with Crippen LogP contribution in [0.15, 0.2) is 29.3 Å². The molecule has 0 saturated carbocycles. The number of nitrogens with one attached hydrogen (secondary N) is 1. The van der Waals surface area contributed by atoms with Crippen molar-refractivity contribution in [3.8, 4) is 11.3 Å². The Morgan fingerprint density at radius 1 is 1.46 bits per heavy atom. The van der Waals surface area contributed by atoms with Crippen molar-refractivity contribution < 1.29 is 4.42 Å². The van der Waals surface area contributed by atoms with E-state index >= 15 is 0 Å². The van der Waals surface area contributed by atoms with Crippen LogP contribution in [-0.4, -0.2) is 9.97 Å². The van der Waals surface area contributed by atoms with Crippen LogP contribution in [0.1, 0.15) is 5.56 Å². The summed E-state index contributed by atoms with van der Waals surface area (Å²) < 4.78 is 5.69. The Hall–Kier alpha value is -1.42. The first kappa shape index (κ1) is 8.19. The smallest absolute Gasteiger partial charge is 0.130 e. The van der Waals surface area contributed by atoms with Crippen LogP contribution in [0.5, 0.6) is 0 Å². The lowest BCUT2D eigenvalue weighted by molar-refractivity contribution is 0.566. The largest absolute Gasteiger partial charge is 0.472 e. The Bertz CT molecular complexity index is 472. The topological polar surface area (TPSA) is 41.8 Å². The van der Waals surface area contributed by atoms with Crippen molar-refractivity contribution >= 4 is 12.2 Å². The zero-order chi connectivity index (χ0) is 9.26. The average molecular weight is 192 g/mol. The minimum Gasteiger partial charge on any atom is -0.472 e. The van der Waals surface area contributed by atoms with Gasteiger partial charge in [0.1, 0.15) is 16.6 Å². The molecule has 0 aliphatic carbocycles. The van der Waals surface area contributed by atoms with Crippen molar-refractivity contribution in [3.05, 3.63) is 35.1 Å². The van der Waals surface area contributed by atoms with Gasteiger partial charge in [0.2, 0.25) is 0 Å². The van der Waals surface area contributed by atoms with Gasteiger partial charge in [0.15, 0.2) is 0 Å². The summed E-state index contributed by atoms with van der Waals surface area (Å²) in [4.78, 5) is 7.11. The second-order valence-corrected chi connectivity index (χ2v) is 3.14. The van der Waals surface area contributed by atoms with E-state index in [4.69, 9.17) is 16.6 Å². The Balaban J connectivity index is 2.66. The summed E-state index contributed by atoms with van der Waals surface area (Å²) in [5, 5.41) is 0. The molecule has 0 spiro atoms. The van der Waals surface area contributed by atoms with Crippen LogP contribution >= 0.6 is 12.2 Å². The summed E-state index contributed by atoms with van der Waals surface area (Å²) in [5.74, 6) is 0. The van der Waals surface area contributed by atoms with Gasteiger partial charge in [-0.15, -0.1) is 0 Å². The molecule has 0 aliphatic rings. The molecule has 66 valence electrons. The van der Waals surface area contributed by atoms with Gasteiger partial charge >= 0.3 is 0 Å². The number of aromatic amines is 1. The van der Waals surface area contributed by atoms with Gasteiger partial charge in [-0.1, -0.05) is 12.2 Å². The van der Waals surface area contributed by atoms with Gasteiger partial charge in [-0.25, -0.2) is 0 Å². The van der Waals surface area contributed by atoms with E-state index < -0.39 is 0 Å². The molecule has 1 N–H and O–H groups in total. The zero-order valence-corrected chi connectivity index (χ0v) is 7.89. The highest BCUT2D eigenvalue weighted by Gasteiger charge is 2.06. The molecule has 2 heterocycles. The third kappa shape index (κ3) is 1.40. The van der Waals surface area contributed by atoms with Crippen molar-refractivity contribution in [3.63, 3.8) is 0 Å². The standard InChI is InChI=1S/C9H8N2OS/c1-6-4-12-5-7(6)8-9(13)11-3-2-10-8/h2-5H,1H3,(H,11,13). The Labute approximate surface area is 80.4 Å². The molecule has 2 rings (SSSR count). The fourth-order valence-corrected chi connectivity index (χ4v) is 1.38. The lowest BCUT2D eigenvalue weighted by atomic mass is 10.2. The van der Waals surface area contributed by atoms with Crippen LogP contribution in [0.2, 0.25) is 0 Å². The lowest BCUT2D eigenvalue weighted by Crippen LogP contribution is -1.86. The summed E-state index contributed by atoms with van der Waals surface area (Å²) in [5.41, 5.74) is 2.75. The van der Waals surface area contributed by atoms with Crippen molar-refractivity contribution in [1.82, 2.24) is 9.97 Å². The molecule has 0 radical (unpaired) electrons. The van der Waals surface area contributed by atoms with Gasteiger partial charge in [0.05, 0.1) is 6.26 Å². The Kier molecular flexibility index (Phi) is 1.98. The van der Waals surface area contributed by atoms with E-state index in [1.165, 1.54) is 0 Å². The lowest BCUT2D eigenvalue weighted by Gasteiger charge is -1.96. The summed E-state index contributed by atoms with van der Waals surface area (Å²) in [7, 11) is 0. The van der Waals surface area contributed by atoms with E-state index in [0.29, 0.717) is 4.64 Å². The van der Waals surface area contributed by atoms with E-state index in [9.17, 15) is 0 Å².